The number of sulfonamides is 1. The summed E-state index contributed by atoms with van der Waals surface area (Å²) in [6.45, 7) is 3.53. The molecule has 0 radical (unpaired) electrons. The molecule has 0 fully saturated rings. The van der Waals surface area contributed by atoms with Crippen molar-refractivity contribution in [1.29, 1.82) is 0 Å². The molecule has 0 unspecified atom stereocenters. The van der Waals surface area contributed by atoms with Crippen molar-refractivity contribution in [1.82, 2.24) is 4.98 Å². The second-order valence-electron chi connectivity index (χ2n) is 4.66. The molecule has 0 aliphatic carbocycles. The van der Waals surface area contributed by atoms with E-state index >= 15 is 0 Å². The summed E-state index contributed by atoms with van der Waals surface area (Å²) in [6, 6.07) is 6.69. The Morgan fingerprint density at radius 1 is 1.15 bits per heavy atom. The summed E-state index contributed by atoms with van der Waals surface area (Å²) in [7, 11) is -2.13. The van der Waals surface area contributed by atoms with Gasteiger partial charge in [0.25, 0.3) is 10.0 Å². The molecule has 2 rings (SSSR count). The smallest absolute Gasteiger partial charge is 0.264 e. The quantitative estimate of drug-likeness (QED) is 0.879. The number of nitrogens with two attached hydrogens (primary N) is 1. The van der Waals surface area contributed by atoms with Gasteiger partial charge in [-0.2, -0.15) is 0 Å². The van der Waals surface area contributed by atoms with Gasteiger partial charge in [0.1, 0.15) is 0 Å². The molecule has 2 N–H and O–H groups in total. The van der Waals surface area contributed by atoms with Crippen LogP contribution in [0.25, 0.3) is 0 Å². The highest BCUT2D eigenvalue weighted by Crippen LogP contribution is 2.27. The van der Waals surface area contributed by atoms with Crippen LogP contribution in [0.5, 0.6) is 0 Å². The van der Waals surface area contributed by atoms with Gasteiger partial charge in [0.2, 0.25) is 0 Å². The predicted molar refractivity (Wildman–Crippen MR) is 80.2 cm³/mol. The first-order valence-corrected chi connectivity index (χ1v) is 7.53. The third-order valence-electron chi connectivity index (χ3n) is 3.21. The normalized spacial score (nSPS) is 11.3. The van der Waals surface area contributed by atoms with Crippen LogP contribution in [-0.2, 0) is 10.0 Å². The van der Waals surface area contributed by atoms with E-state index in [9.17, 15) is 8.42 Å². The molecule has 6 heteroatoms. The predicted octanol–water partition coefficient (Wildman–Crippen LogP) is 2.11. The summed E-state index contributed by atoms with van der Waals surface area (Å²) in [6.07, 6.45) is 3.11. The molecule has 1 heterocycles. The lowest BCUT2D eigenvalue weighted by Gasteiger charge is -2.21. The fourth-order valence-electron chi connectivity index (χ4n) is 1.96. The number of nitrogen functional groups attached to an aromatic ring is 1. The number of nitrogens with zero attached hydrogens (tertiary/aromatic N) is 2. The van der Waals surface area contributed by atoms with E-state index in [1.807, 2.05) is 6.92 Å². The van der Waals surface area contributed by atoms with Crippen LogP contribution in [0.4, 0.5) is 11.4 Å². The van der Waals surface area contributed by atoms with Crippen LogP contribution in [0.3, 0.4) is 0 Å². The van der Waals surface area contributed by atoms with Gasteiger partial charge < -0.3 is 5.73 Å². The number of hydrogen-bond donors (Lipinski definition) is 1. The van der Waals surface area contributed by atoms with Crippen LogP contribution in [-0.4, -0.2) is 20.4 Å². The number of aryl methyl sites for hydroxylation is 1. The second-order valence-corrected chi connectivity index (χ2v) is 6.59. The zero-order chi connectivity index (χ0) is 14.9. The highest BCUT2D eigenvalue weighted by Gasteiger charge is 2.24. The Morgan fingerprint density at radius 2 is 1.75 bits per heavy atom. The van der Waals surface area contributed by atoms with E-state index in [-0.39, 0.29) is 4.90 Å². The number of anilines is 2. The van der Waals surface area contributed by atoms with Crippen molar-refractivity contribution >= 4 is 21.4 Å². The molecule has 20 heavy (non-hydrogen) atoms. The summed E-state index contributed by atoms with van der Waals surface area (Å²) in [5.41, 5.74) is 8.28. The van der Waals surface area contributed by atoms with Crippen molar-refractivity contribution in [2.75, 3.05) is 17.1 Å². The van der Waals surface area contributed by atoms with Gasteiger partial charge in [-0.3, -0.25) is 9.29 Å². The molecule has 2 aromatic rings. The molecule has 0 aliphatic heterocycles. The second kappa shape index (κ2) is 5.13. The Labute approximate surface area is 119 Å². The number of hydrogen-bond acceptors (Lipinski definition) is 4. The molecule has 106 valence electrons. The van der Waals surface area contributed by atoms with Crippen LogP contribution in [0.1, 0.15) is 11.1 Å². The number of rotatable bonds is 3. The summed E-state index contributed by atoms with van der Waals surface area (Å²) in [4.78, 5) is 4.12. The molecule has 0 aliphatic rings. The van der Waals surface area contributed by atoms with E-state index in [2.05, 4.69) is 4.98 Å². The van der Waals surface area contributed by atoms with Crippen molar-refractivity contribution < 1.29 is 8.42 Å². The average molecular weight is 291 g/mol. The van der Waals surface area contributed by atoms with Crippen molar-refractivity contribution in [3.05, 3.63) is 47.8 Å². The van der Waals surface area contributed by atoms with E-state index in [4.69, 9.17) is 5.73 Å². The standard InChI is InChI=1S/C14H17N3O2S/c1-10-8-13(15)11(2)14(9-10)20(18,19)17(3)12-4-6-16-7-5-12/h4-9H,15H2,1-3H3. The fraction of sp³-hybridized carbons (Fsp3) is 0.214. The Hall–Kier alpha value is -2.08. The number of pyridine rings is 1. The van der Waals surface area contributed by atoms with Gasteiger partial charge in [-0.25, -0.2) is 8.42 Å². The largest absolute Gasteiger partial charge is 0.398 e. The molecule has 5 nitrogen and oxygen atoms in total. The Morgan fingerprint density at radius 3 is 2.35 bits per heavy atom. The van der Waals surface area contributed by atoms with E-state index in [0.29, 0.717) is 16.9 Å². The molecular formula is C14H17N3O2S. The third-order valence-corrected chi connectivity index (χ3v) is 5.12. The van der Waals surface area contributed by atoms with Crippen LogP contribution < -0.4 is 10.0 Å². The first-order valence-electron chi connectivity index (χ1n) is 6.09. The first-order chi connectivity index (χ1) is 9.34. The van der Waals surface area contributed by atoms with Crippen molar-refractivity contribution in [2.45, 2.75) is 18.7 Å². The maximum atomic E-state index is 12.7. The summed E-state index contributed by atoms with van der Waals surface area (Å²) in [5, 5.41) is 0. The molecule has 0 saturated carbocycles. The zero-order valence-corrected chi connectivity index (χ0v) is 12.5. The molecule has 0 atom stereocenters. The fourth-order valence-corrected chi connectivity index (χ4v) is 3.49. The van der Waals surface area contributed by atoms with Crippen LogP contribution in [0.15, 0.2) is 41.6 Å². The third kappa shape index (κ3) is 2.46. The van der Waals surface area contributed by atoms with Crippen molar-refractivity contribution in [2.24, 2.45) is 0 Å². The lowest BCUT2D eigenvalue weighted by molar-refractivity contribution is 0.593. The summed E-state index contributed by atoms with van der Waals surface area (Å²) >= 11 is 0. The highest BCUT2D eigenvalue weighted by atomic mass is 32.2. The minimum atomic E-state index is -3.64. The molecule has 0 saturated heterocycles. The Bertz CT molecular complexity index is 728. The molecule has 0 spiro atoms. The average Bonchev–Trinajstić information content (AvgIpc) is 2.42. The Balaban J connectivity index is 2.57. The van der Waals surface area contributed by atoms with Gasteiger partial charge in [0.05, 0.1) is 10.6 Å². The van der Waals surface area contributed by atoms with E-state index in [0.717, 1.165) is 5.56 Å². The van der Waals surface area contributed by atoms with Gasteiger partial charge in [-0.15, -0.1) is 0 Å². The van der Waals surface area contributed by atoms with Crippen LogP contribution in [0, 0.1) is 13.8 Å². The molecule has 1 aromatic heterocycles. The lowest BCUT2D eigenvalue weighted by Crippen LogP contribution is -2.27. The monoisotopic (exact) mass is 291 g/mol. The van der Waals surface area contributed by atoms with Crippen molar-refractivity contribution in [3.8, 4) is 0 Å². The lowest BCUT2D eigenvalue weighted by atomic mass is 10.1. The SMILES string of the molecule is Cc1cc(N)c(C)c(S(=O)(=O)N(C)c2ccncc2)c1. The van der Waals surface area contributed by atoms with Gasteiger partial charge in [-0.05, 0) is 49.2 Å². The maximum Gasteiger partial charge on any atom is 0.264 e. The van der Waals surface area contributed by atoms with Gasteiger partial charge >= 0.3 is 0 Å². The van der Waals surface area contributed by atoms with Gasteiger partial charge in [0, 0.05) is 25.1 Å². The maximum absolute atomic E-state index is 12.7. The Kier molecular flexibility index (Phi) is 3.67. The molecular weight excluding hydrogens is 274 g/mol. The van der Waals surface area contributed by atoms with E-state index in [1.165, 1.54) is 11.4 Å². The van der Waals surface area contributed by atoms with E-state index < -0.39 is 10.0 Å². The molecule has 0 bridgehead atoms. The first kappa shape index (κ1) is 14.3. The summed E-state index contributed by atoms with van der Waals surface area (Å²) in [5.74, 6) is 0. The molecule has 1 aromatic carbocycles. The van der Waals surface area contributed by atoms with Crippen LogP contribution in [0.2, 0.25) is 0 Å². The van der Waals surface area contributed by atoms with Gasteiger partial charge in [0.15, 0.2) is 0 Å². The molecule has 0 amide bonds. The summed E-state index contributed by atoms with van der Waals surface area (Å²) < 4.78 is 26.6. The van der Waals surface area contributed by atoms with Crippen molar-refractivity contribution in [3.63, 3.8) is 0 Å². The van der Waals surface area contributed by atoms with E-state index in [1.54, 1.807) is 43.6 Å². The zero-order valence-electron chi connectivity index (χ0n) is 11.7. The number of aromatic nitrogens is 1. The minimum Gasteiger partial charge on any atom is -0.398 e. The van der Waals surface area contributed by atoms with Gasteiger partial charge in [-0.1, -0.05) is 0 Å². The number of benzene rings is 1. The van der Waals surface area contributed by atoms with Crippen LogP contribution >= 0.6 is 0 Å². The topological polar surface area (TPSA) is 76.3 Å². The highest BCUT2D eigenvalue weighted by molar-refractivity contribution is 7.92. The minimum absolute atomic E-state index is 0.231.